The molecule has 7 heteroatoms. The highest BCUT2D eigenvalue weighted by molar-refractivity contribution is 7.89. The second-order valence-electron chi connectivity index (χ2n) is 4.52. The average Bonchev–Trinajstić information content (AvgIpc) is 2.40. The minimum atomic E-state index is -3.56. The Bertz CT molecular complexity index is 512. The average molecular weight is 284 g/mol. The van der Waals surface area contributed by atoms with E-state index >= 15 is 0 Å². The van der Waals surface area contributed by atoms with Gasteiger partial charge >= 0.3 is 0 Å². The maximum absolute atomic E-state index is 12.4. The Labute approximate surface area is 114 Å². The van der Waals surface area contributed by atoms with Crippen LogP contribution in [0.5, 0.6) is 0 Å². The van der Waals surface area contributed by atoms with Crippen molar-refractivity contribution in [3.63, 3.8) is 0 Å². The fourth-order valence-electron chi connectivity index (χ4n) is 2.11. The van der Waals surface area contributed by atoms with Crippen molar-refractivity contribution in [1.82, 2.24) is 14.8 Å². The van der Waals surface area contributed by atoms with Crippen molar-refractivity contribution < 1.29 is 8.42 Å². The van der Waals surface area contributed by atoms with Crippen molar-refractivity contribution in [3.05, 3.63) is 18.3 Å². The molecule has 0 spiro atoms. The van der Waals surface area contributed by atoms with Crippen LogP contribution >= 0.6 is 0 Å². The molecule has 1 aliphatic heterocycles. The summed E-state index contributed by atoms with van der Waals surface area (Å²) >= 11 is 0. The summed E-state index contributed by atoms with van der Waals surface area (Å²) in [5.74, 6) is 0.398. The molecule has 1 aromatic heterocycles. The molecule has 0 atom stereocenters. The fraction of sp³-hybridized carbons (Fsp3) is 0.583. The van der Waals surface area contributed by atoms with E-state index in [-0.39, 0.29) is 4.90 Å². The molecule has 106 valence electrons. The van der Waals surface area contributed by atoms with E-state index in [1.807, 2.05) is 6.92 Å². The van der Waals surface area contributed by atoms with E-state index in [4.69, 9.17) is 0 Å². The number of pyridine rings is 1. The summed E-state index contributed by atoms with van der Waals surface area (Å²) in [4.78, 5) is 6.91. The summed E-state index contributed by atoms with van der Waals surface area (Å²) in [7, 11) is -3.56. The first-order chi connectivity index (χ1) is 9.13. The highest BCUT2D eigenvalue weighted by atomic mass is 32.2. The number of piperidine rings is 1. The van der Waals surface area contributed by atoms with Gasteiger partial charge in [-0.3, -0.25) is 0 Å². The molecule has 0 radical (unpaired) electrons. The number of rotatable bonds is 5. The van der Waals surface area contributed by atoms with Crippen molar-refractivity contribution in [2.24, 2.45) is 0 Å². The van der Waals surface area contributed by atoms with Crippen molar-refractivity contribution >= 4 is 15.8 Å². The molecule has 2 rings (SSSR count). The third kappa shape index (κ3) is 3.65. The first-order valence-corrected chi connectivity index (χ1v) is 8.08. The Morgan fingerprint density at radius 2 is 2.05 bits per heavy atom. The van der Waals surface area contributed by atoms with E-state index in [0.717, 1.165) is 32.4 Å². The summed E-state index contributed by atoms with van der Waals surface area (Å²) in [5, 5.41) is 4.74. The monoisotopic (exact) mass is 284 g/mol. The molecule has 0 bridgehead atoms. The molecule has 0 aromatic carbocycles. The number of aromatic nitrogens is 1. The Balaban J connectivity index is 2.18. The summed E-state index contributed by atoms with van der Waals surface area (Å²) < 4.78 is 24.7. The largest absolute Gasteiger partial charge is 0.369 e. The van der Waals surface area contributed by atoms with E-state index in [1.54, 1.807) is 23.3 Å². The molecule has 19 heavy (non-hydrogen) atoms. The predicted molar refractivity (Wildman–Crippen MR) is 74.1 cm³/mol. The lowest BCUT2D eigenvalue weighted by atomic mass is 10.2. The van der Waals surface area contributed by atoms with Crippen LogP contribution in [0.1, 0.15) is 26.2 Å². The molecule has 0 unspecified atom stereocenters. The van der Waals surface area contributed by atoms with Crippen LogP contribution in [0.3, 0.4) is 0 Å². The van der Waals surface area contributed by atoms with Crippen LogP contribution in [0.15, 0.2) is 23.2 Å². The van der Waals surface area contributed by atoms with E-state index in [0.29, 0.717) is 12.4 Å². The van der Waals surface area contributed by atoms with Gasteiger partial charge in [-0.2, -0.15) is 0 Å². The number of sulfonamides is 1. The molecule has 0 aliphatic carbocycles. The number of hydrogen-bond donors (Lipinski definition) is 2. The van der Waals surface area contributed by atoms with Crippen LogP contribution in [0.25, 0.3) is 0 Å². The van der Waals surface area contributed by atoms with Crippen molar-refractivity contribution in [1.29, 1.82) is 0 Å². The lowest BCUT2D eigenvalue weighted by Gasteiger charge is -2.26. The molecule has 6 nitrogen and oxygen atoms in total. The maximum atomic E-state index is 12.4. The predicted octanol–water partition coefficient (Wildman–Crippen LogP) is 1.19. The van der Waals surface area contributed by atoms with Crippen LogP contribution in [-0.4, -0.2) is 38.0 Å². The van der Waals surface area contributed by atoms with Crippen molar-refractivity contribution in [2.45, 2.75) is 31.1 Å². The summed E-state index contributed by atoms with van der Waals surface area (Å²) in [5.41, 5.74) is 0. The van der Waals surface area contributed by atoms with Crippen LogP contribution in [-0.2, 0) is 10.0 Å². The smallest absolute Gasteiger partial charge is 0.257 e. The maximum Gasteiger partial charge on any atom is 0.257 e. The molecular weight excluding hydrogens is 264 g/mol. The van der Waals surface area contributed by atoms with E-state index in [9.17, 15) is 8.42 Å². The minimum Gasteiger partial charge on any atom is -0.369 e. The number of nitrogens with one attached hydrogen (secondary N) is 2. The Morgan fingerprint density at radius 1 is 1.32 bits per heavy atom. The molecule has 2 heterocycles. The second kappa shape index (κ2) is 6.31. The number of hydrazine groups is 1. The minimum absolute atomic E-state index is 0.197. The van der Waals surface area contributed by atoms with Crippen LogP contribution in [0.2, 0.25) is 0 Å². The lowest BCUT2D eigenvalue weighted by molar-refractivity contribution is 0.200. The highest BCUT2D eigenvalue weighted by Gasteiger charge is 2.23. The Morgan fingerprint density at radius 3 is 2.74 bits per heavy atom. The zero-order valence-corrected chi connectivity index (χ0v) is 11.9. The van der Waals surface area contributed by atoms with Gasteiger partial charge in [0.15, 0.2) is 0 Å². The Hall–Kier alpha value is -1.18. The molecular formula is C12H20N4O2S. The molecule has 0 saturated carbocycles. The van der Waals surface area contributed by atoms with Gasteiger partial charge in [0.1, 0.15) is 10.7 Å². The van der Waals surface area contributed by atoms with E-state index < -0.39 is 10.0 Å². The SMILES string of the molecule is CCNc1ncccc1S(=O)(=O)NN1CCCCC1. The number of anilines is 1. The van der Waals surface area contributed by atoms with Gasteiger partial charge < -0.3 is 5.32 Å². The van der Waals surface area contributed by atoms with Crippen LogP contribution in [0, 0.1) is 0 Å². The van der Waals surface area contributed by atoms with Crippen LogP contribution in [0.4, 0.5) is 5.82 Å². The van der Waals surface area contributed by atoms with Gasteiger partial charge in [0.05, 0.1) is 0 Å². The van der Waals surface area contributed by atoms with Crippen molar-refractivity contribution in [2.75, 3.05) is 25.0 Å². The van der Waals surface area contributed by atoms with E-state index in [1.165, 1.54) is 0 Å². The van der Waals surface area contributed by atoms with Gasteiger partial charge in [-0.05, 0) is 31.9 Å². The number of nitrogens with zero attached hydrogens (tertiary/aromatic N) is 2. The second-order valence-corrected chi connectivity index (χ2v) is 6.15. The third-order valence-corrected chi connectivity index (χ3v) is 4.42. The zero-order chi connectivity index (χ0) is 13.7. The molecule has 1 aliphatic rings. The zero-order valence-electron chi connectivity index (χ0n) is 11.1. The standard InChI is InChI=1S/C12H20N4O2S/c1-2-13-12-11(7-6-8-14-12)19(17,18)15-16-9-4-3-5-10-16/h6-8,15H,2-5,9-10H2,1H3,(H,13,14). The summed E-state index contributed by atoms with van der Waals surface area (Å²) in [6, 6.07) is 3.20. The summed E-state index contributed by atoms with van der Waals surface area (Å²) in [6.45, 7) is 4.05. The fourth-order valence-corrected chi connectivity index (χ4v) is 3.37. The van der Waals surface area contributed by atoms with Gasteiger partial charge in [0.25, 0.3) is 10.0 Å². The lowest BCUT2D eigenvalue weighted by Crippen LogP contribution is -2.45. The third-order valence-electron chi connectivity index (χ3n) is 3.01. The first-order valence-electron chi connectivity index (χ1n) is 6.60. The normalized spacial score (nSPS) is 17.3. The quantitative estimate of drug-likeness (QED) is 0.849. The van der Waals surface area contributed by atoms with Gasteiger partial charge in [0.2, 0.25) is 0 Å². The molecule has 1 aromatic rings. The van der Waals surface area contributed by atoms with Gasteiger partial charge in [0, 0.05) is 25.8 Å². The first kappa shape index (κ1) is 14.2. The van der Waals surface area contributed by atoms with Gasteiger partial charge in [-0.1, -0.05) is 6.42 Å². The van der Waals surface area contributed by atoms with Crippen molar-refractivity contribution in [3.8, 4) is 0 Å². The highest BCUT2D eigenvalue weighted by Crippen LogP contribution is 2.18. The molecule has 1 fully saturated rings. The summed E-state index contributed by atoms with van der Waals surface area (Å²) in [6.07, 6.45) is 4.79. The Kier molecular flexibility index (Phi) is 4.73. The van der Waals surface area contributed by atoms with Gasteiger partial charge in [-0.25, -0.2) is 18.4 Å². The number of hydrogen-bond acceptors (Lipinski definition) is 5. The van der Waals surface area contributed by atoms with E-state index in [2.05, 4.69) is 15.1 Å². The molecule has 0 amide bonds. The topological polar surface area (TPSA) is 74.3 Å². The van der Waals surface area contributed by atoms with Gasteiger partial charge in [-0.15, -0.1) is 4.83 Å². The van der Waals surface area contributed by atoms with Crippen LogP contribution < -0.4 is 10.1 Å². The molecule has 2 N–H and O–H groups in total. The molecule has 1 saturated heterocycles.